The summed E-state index contributed by atoms with van der Waals surface area (Å²) in [5, 5.41) is 10.1. The monoisotopic (exact) mass is 185 g/mol. The molecule has 1 fully saturated rings. The fourth-order valence-electron chi connectivity index (χ4n) is 2.52. The van der Waals surface area contributed by atoms with Gasteiger partial charge in [0.2, 0.25) is 0 Å². The minimum atomic E-state index is -0.206. The maximum Gasteiger partial charge on any atom is 0.0611 e. The van der Waals surface area contributed by atoms with Gasteiger partial charge < -0.3 is 10.8 Å². The molecule has 0 spiro atoms. The topological polar surface area (TPSA) is 46.2 Å². The van der Waals surface area contributed by atoms with Gasteiger partial charge in [0.1, 0.15) is 0 Å². The van der Waals surface area contributed by atoms with Gasteiger partial charge >= 0.3 is 0 Å². The summed E-state index contributed by atoms with van der Waals surface area (Å²) in [6.45, 7) is 7.15. The average Bonchev–Trinajstić information content (AvgIpc) is 2.42. The predicted molar refractivity (Wildman–Crippen MR) is 55.3 cm³/mol. The molecular weight excluding hydrogens is 162 g/mol. The van der Waals surface area contributed by atoms with Crippen LogP contribution in [0.1, 0.15) is 40.0 Å². The molecule has 2 heteroatoms. The Hall–Kier alpha value is -0.0800. The van der Waals surface area contributed by atoms with Gasteiger partial charge in [-0.2, -0.15) is 0 Å². The zero-order chi connectivity index (χ0) is 10.1. The highest BCUT2D eigenvalue weighted by Gasteiger charge is 2.40. The minimum absolute atomic E-state index is 0.206. The zero-order valence-electron chi connectivity index (χ0n) is 9.09. The molecule has 78 valence electrons. The van der Waals surface area contributed by atoms with E-state index in [4.69, 9.17) is 5.73 Å². The predicted octanol–water partition coefficient (Wildman–Crippen LogP) is 1.77. The number of rotatable bonds is 3. The first-order valence-electron chi connectivity index (χ1n) is 5.37. The van der Waals surface area contributed by atoms with Gasteiger partial charge in [-0.1, -0.05) is 27.2 Å². The Balaban J connectivity index is 2.60. The van der Waals surface area contributed by atoms with Crippen LogP contribution in [0, 0.1) is 17.3 Å². The second-order valence-corrected chi connectivity index (χ2v) is 5.19. The Labute approximate surface area is 81.5 Å². The first-order chi connectivity index (χ1) is 5.99. The molecule has 0 radical (unpaired) electrons. The standard InChI is InChI=1S/C11H23NO/c1-8(7-12)10(13)9-5-4-6-11(9,2)3/h8-10,13H,4-7,12H2,1-3H3. The van der Waals surface area contributed by atoms with Gasteiger partial charge in [-0.25, -0.2) is 0 Å². The van der Waals surface area contributed by atoms with Gasteiger partial charge in [-0.15, -0.1) is 0 Å². The van der Waals surface area contributed by atoms with E-state index in [0.29, 0.717) is 17.9 Å². The van der Waals surface area contributed by atoms with Gasteiger partial charge in [-0.3, -0.25) is 0 Å². The minimum Gasteiger partial charge on any atom is -0.392 e. The molecule has 0 aromatic heterocycles. The van der Waals surface area contributed by atoms with E-state index in [1.54, 1.807) is 0 Å². The van der Waals surface area contributed by atoms with Crippen molar-refractivity contribution in [3.8, 4) is 0 Å². The third-order valence-corrected chi connectivity index (χ3v) is 3.71. The number of hydrogen-bond acceptors (Lipinski definition) is 2. The van der Waals surface area contributed by atoms with E-state index in [9.17, 15) is 5.11 Å². The molecule has 0 amide bonds. The second kappa shape index (κ2) is 3.97. The van der Waals surface area contributed by atoms with Gasteiger partial charge in [0.05, 0.1) is 6.10 Å². The summed E-state index contributed by atoms with van der Waals surface area (Å²) in [5.74, 6) is 0.688. The van der Waals surface area contributed by atoms with Crippen LogP contribution in [0.3, 0.4) is 0 Å². The van der Waals surface area contributed by atoms with E-state index in [-0.39, 0.29) is 12.0 Å². The van der Waals surface area contributed by atoms with Crippen LogP contribution in [-0.2, 0) is 0 Å². The number of aliphatic hydroxyl groups is 1. The van der Waals surface area contributed by atoms with Crippen LogP contribution in [0.4, 0.5) is 0 Å². The lowest BCUT2D eigenvalue weighted by atomic mass is 9.75. The van der Waals surface area contributed by atoms with Crippen LogP contribution >= 0.6 is 0 Å². The fourth-order valence-corrected chi connectivity index (χ4v) is 2.52. The molecule has 0 aliphatic heterocycles. The molecule has 3 N–H and O–H groups in total. The molecule has 2 nitrogen and oxygen atoms in total. The van der Waals surface area contributed by atoms with E-state index in [1.807, 2.05) is 6.92 Å². The maximum atomic E-state index is 10.1. The number of hydrogen-bond donors (Lipinski definition) is 2. The largest absolute Gasteiger partial charge is 0.392 e. The van der Waals surface area contributed by atoms with Crippen molar-refractivity contribution in [2.45, 2.75) is 46.1 Å². The highest BCUT2D eigenvalue weighted by Crippen LogP contribution is 2.45. The number of nitrogens with two attached hydrogens (primary N) is 1. The van der Waals surface area contributed by atoms with E-state index >= 15 is 0 Å². The molecular formula is C11H23NO. The Morgan fingerprint density at radius 2 is 2.15 bits per heavy atom. The SMILES string of the molecule is CC(CN)C(O)C1CCCC1(C)C. The highest BCUT2D eigenvalue weighted by molar-refractivity contribution is 4.90. The van der Waals surface area contributed by atoms with E-state index < -0.39 is 0 Å². The van der Waals surface area contributed by atoms with Crippen LogP contribution in [0.15, 0.2) is 0 Å². The van der Waals surface area contributed by atoms with Crippen molar-refractivity contribution in [1.29, 1.82) is 0 Å². The quantitative estimate of drug-likeness (QED) is 0.704. The average molecular weight is 185 g/mol. The molecule has 0 saturated heterocycles. The van der Waals surface area contributed by atoms with Crippen LogP contribution in [0.2, 0.25) is 0 Å². The molecule has 0 bridgehead atoms. The van der Waals surface area contributed by atoms with Crippen LogP contribution in [0.25, 0.3) is 0 Å². The molecule has 3 atom stereocenters. The molecule has 1 saturated carbocycles. The van der Waals surface area contributed by atoms with Crippen molar-refractivity contribution < 1.29 is 5.11 Å². The van der Waals surface area contributed by atoms with E-state index in [1.165, 1.54) is 19.3 Å². The van der Waals surface area contributed by atoms with E-state index in [2.05, 4.69) is 13.8 Å². The Morgan fingerprint density at radius 1 is 1.54 bits per heavy atom. The van der Waals surface area contributed by atoms with Crippen molar-refractivity contribution in [2.75, 3.05) is 6.54 Å². The Bertz CT molecular complexity index is 167. The van der Waals surface area contributed by atoms with Crippen LogP contribution in [0.5, 0.6) is 0 Å². The maximum absolute atomic E-state index is 10.1. The molecule has 3 unspecified atom stereocenters. The molecule has 0 heterocycles. The summed E-state index contributed by atoms with van der Waals surface area (Å²) in [7, 11) is 0. The molecule has 0 aromatic carbocycles. The summed E-state index contributed by atoms with van der Waals surface area (Å²) in [4.78, 5) is 0. The zero-order valence-corrected chi connectivity index (χ0v) is 9.09. The third kappa shape index (κ3) is 2.23. The van der Waals surface area contributed by atoms with Crippen molar-refractivity contribution in [2.24, 2.45) is 23.0 Å². The lowest BCUT2D eigenvalue weighted by Gasteiger charge is -2.33. The van der Waals surface area contributed by atoms with Crippen molar-refractivity contribution >= 4 is 0 Å². The first kappa shape index (κ1) is 11.0. The number of aliphatic hydroxyl groups excluding tert-OH is 1. The summed E-state index contributed by atoms with van der Waals surface area (Å²) in [5.41, 5.74) is 5.88. The molecule has 0 aromatic rings. The lowest BCUT2D eigenvalue weighted by Crippen LogP contribution is -2.37. The summed E-state index contributed by atoms with van der Waals surface area (Å²) >= 11 is 0. The third-order valence-electron chi connectivity index (χ3n) is 3.71. The van der Waals surface area contributed by atoms with Gasteiger partial charge in [0, 0.05) is 0 Å². The molecule has 13 heavy (non-hydrogen) atoms. The van der Waals surface area contributed by atoms with Crippen LogP contribution in [-0.4, -0.2) is 17.8 Å². The van der Waals surface area contributed by atoms with Crippen molar-refractivity contribution in [3.63, 3.8) is 0 Å². The smallest absolute Gasteiger partial charge is 0.0611 e. The second-order valence-electron chi connectivity index (χ2n) is 5.19. The lowest BCUT2D eigenvalue weighted by molar-refractivity contribution is 0.0173. The Morgan fingerprint density at radius 3 is 2.54 bits per heavy atom. The van der Waals surface area contributed by atoms with Crippen LogP contribution < -0.4 is 5.73 Å². The normalized spacial score (nSPS) is 31.6. The summed E-state index contributed by atoms with van der Waals surface area (Å²) in [6, 6.07) is 0. The van der Waals surface area contributed by atoms with Gasteiger partial charge in [-0.05, 0) is 36.6 Å². The summed E-state index contributed by atoms with van der Waals surface area (Å²) in [6.07, 6.45) is 3.46. The van der Waals surface area contributed by atoms with Gasteiger partial charge in [0.15, 0.2) is 0 Å². The molecule has 1 aliphatic rings. The summed E-state index contributed by atoms with van der Waals surface area (Å²) < 4.78 is 0. The van der Waals surface area contributed by atoms with E-state index in [0.717, 1.165) is 0 Å². The molecule has 1 aliphatic carbocycles. The first-order valence-corrected chi connectivity index (χ1v) is 5.37. The molecule has 1 rings (SSSR count). The van der Waals surface area contributed by atoms with Gasteiger partial charge in [0.25, 0.3) is 0 Å². The fraction of sp³-hybridized carbons (Fsp3) is 1.00. The Kier molecular flexibility index (Phi) is 3.36. The van der Waals surface area contributed by atoms with Crippen molar-refractivity contribution in [3.05, 3.63) is 0 Å². The highest BCUT2D eigenvalue weighted by atomic mass is 16.3. The van der Waals surface area contributed by atoms with Crippen molar-refractivity contribution in [1.82, 2.24) is 0 Å².